The van der Waals surface area contributed by atoms with E-state index in [1.54, 1.807) is 16.4 Å². The van der Waals surface area contributed by atoms with Gasteiger partial charge in [-0.3, -0.25) is 0 Å². The number of carbonyl (C=O) groups excluding carboxylic acids is 1. The van der Waals surface area contributed by atoms with E-state index < -0.39 is 6.04 Å². The highest BCUT2D eigenvalue weighted by molar-refractivity contribution is 7.98. The number of benzene rings is 2. The Kier molecular flexibility index (Phi) is 8.47. The van der Waals surface area contributed by atoms with Crippen molar-refractivity contribution >= 4 is 23.7 Å². The van der Waals surface area contributed by atoms with Crippen molar-refractivity contribution in [1.29, 1.82) is 0 Å². The summed E-state index contributed by atoms with van der Waals surface area (Å²) >= 11 is 1.56. The van der Waals surface area contributed by atoms with Crippen molar-refractivity contribution in [1.82, 2.24) is 14.8 Å². The number of nitrogens with zero attached hydrogens (tertiary/aromatic N) is 3. The highest BCUT2D eigenvalue weighted by atomic mass is 32.2. The number of allylic oxidation sites excluding steroid dienone is 1. The predicted octanol–water partition coefficient (Wildman–Crippen LogP) is 5.99. The Morgan fingerprint density at radius 1 is 1.06 bits per heavy atom. The average Bonchev–Trinajstić information content (AvgIpc) is 3.29. The van der Waals surface area contributed by atoms with Gasteiger partial charge in [-0.25, -0.2) is 9.48 Å². The molecule has 0 amide bonds. The first-order valence-electron chi connectivity index (χ1n) is 12.1. The molecule has 1 atom stereocenters. The van der Waals surface area contributed by atoms with Crippen molar-refractivity contribution in [3.63, 3.8) is 0 Å². The highest BCUT2D eigenvalue weighted by Crippen LogP contribution is 2.37. The van der Waals surface area contributed by atoms with E-state index >= 15 is 0 Å². The molecule has 35 heavy (non-hydrogen) atoms. The van der Waals surface area contributed by atoms with Crippen molar-refractivity contribution < 1.29 is 14.3 Å². The van der Waals surface area contributed by atoms with Crippen LogP contribution in [0.15, 0.2) is 71.0 Å². The van der Waals surface area contributed by atoms with Crippen LogP contribution in [0.25, 0.3) is 0 Å². The van der Waals surface area contributed by atoms with Gasteiger partial charge in [0.2, 0.25) is 11.1 Å². The molecule has 0 fully saturated rings. The van der Waals surface area contributed by atoms with Crippen LogP contribution in [-0.4, -0.2) is 33.9 Å². The van der Waals surface area contributed by atoms with Gasteiger partial charge >= 0.3 is 5.97 Å². The number of esters is 1. The minimum absolute atomic E-state index is 0.343. The second-order valence-corrected chi connectivity index (χ2v) is 9.35. The smallest absolute Gasteiger partial charge is 0.338 e. The van der Waals surface area contributed by atoms with Crippen LogP contribution in [-0.2, 0) is 15.3 Å². The van der Waals surface area contributed by atoms with E-state index in [-0.39, 0.29) is 5.97 Å². The van der Waals surface area contributed by atoms with Gasteiger partial charge in [0.25, 0.3) is 0 Å². The first kappa shape index (κ1) is 24.9. The lowest BCUT2D eigenvalue weighted by Gasteiger charge is -2.28. The standard InChI is InChI=1S/C27H32N4O3S/c1-4-6-17-33-22-14-12-21(13-15-22)24-23(25(32)34-16-5-2)19(3)28-26-29-27(30-31(24)26)35-18-20-10-8-7-9-11-20/h7-15,24H,4-6,16-18H2,1-3H3,(H,28,29,30). The summed E-state index contributed by atoms with van der Waals surface area (Å²) in [7, 11) is 0. The van der Waals surface area contributed by atoms with Gasteiger partial charge in [0.1, 0.15) is 11.8 Å². The lowest BCUT2D eigenvalue weighted by atomic mass is 9.96. The fraction of sp³-hybridized carbons (Fsp3) is 0.370. The summed E-state index contributed by atoms with van der Waals surface area (Å²) in [6.45, 7) is 7.06. The lowest BCUT2D eigenvalue weighted by Crippen LogP contribution is -2.29. The number of rotatable bonds is 11. The van der Waals surface area contributed by atoms with Crippen LogP contribution < -0.4 is 10.1 Å². The molecule has 0 saturated heterocycles. The summed E-state index contributed by atoms with van der Waals surface area (Å²) < 4.78 is 13.2. The summed E-state index contributed by atoms with van der Waals surface area (Å²) in [6.07, 6.45) is 2.85. The fourth-order valence-electron chi connectivity index (χ4n) is 3.84. The summed E-state index contributed by atoms with van der Waals surface area (Å²) in [5.41, 5.74) is 3.38. The van der Waals surface area contributed by atoms with Crippen molar-refractivity contribution in [2.45, 2.75) is 57.0 Å². The Labute approximate surface area is 210 Å². The minimum atomic E-state index is -0.445. The number of fused-ring (bicyclic) bond motifs is 1. The molecule has 0 bridgehead atoms. The maximum atomic E-state index is 13.1. The molecule has 0 saturated carbocycles. The van der Waals surface area contributed by atoms with Gasteiger partial charge < -0.3 is 14.8 Å². The molecule has 1 aliphatic rings. The van der Waals surface area contributed by atoms with E-state index in [9.17, 15) is 4.79 Å². The Bertz CT molecular complexity index is 1160. The highest BCUT2D eigenvalue weighted by Gasteiger charge is 2.35. The largest absolute Gasteiger partial charge is 0.494 e. The SMILES string of the molecule is CCCCOc1ccc(C2C(C(=O)OCCC)=C(C)Nc3nc(SCc4ccccc4)nn32)cc1. The second kappa shape index (κ2) is 11.9. The number of carbonyl (C=O) groups is 1. The topological polar surface area (TPSA) is 78.3 Å². The van der Waals surface area contributed by atoms with Crippen LogP contribution in [0.2, 0.25) is 0 Å². The monoisotopic (exact) mass is 492 g/mol. The first-order valence-corrected chi connectivity index (χ1v) is 13.1. The number of thioether (sulfide) groups is 1. The second-order valence-electron chi connectivity index (χ2n) is 8.41. The Balaban J connectivity index is 1.63. The molecule has 1 aromatic heterocycles. The third-order valence-electron chi connectivity index (χ3n) is 5.66. The van der Waals surface area contributed by atoms with E-state index in [2.05, 4.69) is 24.4 Å². The predicted molar refractivity (Wildman–Crippen MR) is 139 cm³/mol. The quantitative estimate of drug-likeness (QED) is 0.200. The molecule has 0 radical (unpaired) electrons. The molecule has 8 heteroatoms. The maximum Gasteiger partial charge on any atom is 0.338 e. The molecule has 184 valence electrons. The molecule has 1 aliphatic heterocycles. The van der Waals surface area contributed by atoms with E-state index in [0.29, 0.717) is 29.9 Å². The van der Waals surface area contributed by atoms with E-state index in [4.69, 9.17) is 19.6 Å². The minimum Gasteiger partial charge on any atom is -0.494 e. The van der Waals surface area contributed by atoms with Crippen LogP contribution >= 0.6 is 11.8 Å². The summed E-state index contributed by atoms with van der Waals surface area (Å²) in [4.78, 5) is 17.8. The number of unbranched alkanes of at least 4 members (excludes halogenated alkanes) is 1. The molecule has 7 nitrogen and oxygen atoms in total. The Hall–Kier alpha value is -3.26. The van der Waals surface area contributed by atoms with Crippen molar-refractivity contribution in [3.05, 3.63) is 77.0 Å². The van der Waals surface area contributed by atoms with Crippen LogP contribution in [0, 0.1) is 0 Å². The third kappa shape index (κ3) is 6.06. The zero-order valence-corrected chi connectivity index (χ0v) is 21.3. The molecule has 0 spiro atoms. The number of ether oxygens (including phenoxy) is 2. The van der Waals surface area contributed by atoms with Gasteiger partial charge in [-0.05, 0) is 43.0 Å². The molecular weight excluding hydrogens is 460 g/mol. The number of aromatic nitrogens is 3. The molecule has 2 aromatic carbocycles. The zero-order chi connectivity index (χ0) is 24.6. The average molecular weight is 493 g/mol. The van der Waals surface area contributed by atoms with Crippen molar-refractivity contribution in [2.24, 2.45) is 0 Å². The van der Waals surface area contributed by atoms with Gasteiger partial charge in [-0.2, -0.15) is 4.98 Å². The number of hydrogen-bond donors (Lipinski definition) is 1. The zero-order valence-electron chi connectivity index (χ0n) is 20.5. The van der Waals surface area contributed by atoms with Crippen LogP contribution in [0.4, 0.5) is 5.95 Å². The van der Waals surface area contributed by atoms with Gasteiger partial charge in [0, 0.05) is 11.4 Å². The van der Waals surface area contributed by atoms with Gasteiger partial charge in [-0.1, -0.05) is 74.5 Å². The summed E-state index contributed by atoms with van der Waals surface area (Å²) in [5, 5.41) is 8.70. The molecule has 3 aromatic rings. The van der Waals surface area contributed by atoms with E-state index in [1.807, 2.05) is 56.3 Å². The number of hydrogen-bond acceptors (Lipinski definition) is 7. The Morgan fingerprint density at radius 3 is 2.54 bits per heavy atom. The van der Waals surface area contributed by atoms with E-state index in [1.165, 1.54) is 5.56 Å². The summed E-state index contributed by atoms with van der Waals surface area (Å²) in [5.74, 6) is 1.84. The molecule has 1 N–H and O–H groups in total. The molecule has 2 heterocycles. The van der Waals surface area contributed by atoms with Crippen LogP contribution in [0.5, 0.6) is 5.75 Å². The lowest BCUT2D eigenvalue weighted by molar-refractivity contribution is -0.139. The number of anilines is 1. The van der Waals surface area contributed by atoms with Gasteiger partial charge in [-0.15, -0.1) is 5.10 Å². The summed E-state index contributed by atoms with van der Waals surface area (Å²) in [6, 6.07) is 17.6. The van der Waals surface area contributed by atoms with Gasteiger partial charge in [0.05, 0.1) is 18.8 Å². The van der Waals surface area contributed by atoms with Crippen molar-refractivity contribution in [2.75, 3.05) is 18.5 Å². The third-order valence-corrected chi connectivity index (χ3v) is 6.57. The fourth-order valence-corrected chi connectivity index (χ4v) is 4.63. The maximum absolute atomic E-state index is 13.1. The first-order chi connectivity index (χ1) is 17.1. The number of nitrogens with one attached hydrogen (secondary N) is 1. The molecule has 1 unspecified atom stereocenters. The Morgan fingerprint density at radius 2 is 1.83 bits per heavy atom. The van der Waals surface area contributed by atoms with Gasteiger partial charge in [0.15, 0.2) is 0 Å². The molecule has 4 rings (SSSR count). The van der Waals surface area contributed by atoms with Crippen LogP contribution in [0.3, 0.4) is 0 Å². The molecule has 0 aliphatic carbocycles. The molecular formula is C27H32N4O3S. The van der Waals surface area contributed by atoms with Crippen LogP contribution in [0.1, 0.15) is 57.2 Å². The normalized spacial score (nSPS) is 14.9. The van der Waals surface area contributed by atoms with Crippen molar-refractivity contribution in [3.8, 4) is 5.75 Å². The van der Waals surface area contributed by atoms with E-state index in [0.717, 1.165) is 42.0 Å².